The lowest BCUT2D eigenvalue weighted by molar-refractivity contribution is -0.137. The molecule has 210 valence electrons. The SMILES string of the molecule is CN(C)CCNC(=O)c1ccc(Nc2ncc(C(F)(F)F)c(NCc3cccnc3N(C)S(C)(=O)=O)n2)cc1. The summed E-state index contributed by atoms with van der Waals surface area (Å²) in [6.45, 7) is 0.968. The van der Waals surface area contributed by atoms with Crippen LogP contribution in [0, 0.1) is 0 Å². The number of hydrogen-bond donors (Lipinski definition) is 3. The molecule has 3 N–H and O–H groups in total. The fraction of sp³-hybridized carbons (Fsp3) is 0.333. The second kappa shape index (κ2) is 12.3. The van der Waals surface area contributed by atoms with Gasteiger partial charge in [-0.15, -0.1) is 0 Å². The lowest BCUT2D eigenvalue weighted by atomic mass is 10.2. The second-order valence-electron chi connectivity index (χ2n) is 8.79. The van der Waals surface area contributed by atoms with Crippen molar-refractivity contribution in [1.29, 1.82) is 0 Å². The average Bonchev–Trinajstić information content (AvgIpc) is 2.86. The predicted octanol–water partition coefficient (Wildman–Crippen LogP) is 2.93. The standard InChI is InChI=1S/C24H29F3N8O3S/c1-34(2)13-12-29-22(36)16-7-9-18(10-8-16)32-23-31-15-19(24(25,26)27)20(33-23)30-14-17-6-5-11-28-21(17)35(3)39(4,37)38/h5-11,15H,12-14H2,1-4H3,(H,29,36)(H2,30,31,32,33). The summed E-state index contributed by atoms with van der Waals surface area (Å²) >= 11 is 0. The normalized spacial score (nSPS) is 11.8. The Labute approximate surface area is 224 Å². The van der Waals surface area contributed by atoms with Crippen LogP contribution in [-0.4, -0.2) is 74.7 Å². The number of benzene rings is 1. The van der Waals surface area contributed by atoms with Crippen LogP contribution in [0.5, 0.6) is 0 Å². The molecule has 0 atom stereocenters. The maximum atomic E-state index is 13.7. The summed E-state index contributed by atoms with van der Waals surface area (Å²) in [6, 6.07) is 9.39. The van der Waals surface area contributed by atoms with Crippen molar-refractivity contribution in [1.82, 2.24) is 25.2 Å². The molecule has 1 aromatic carbocycles. The van der Waals surface area contributed by atoms with Crippen LogP contribution < -0.4 is 20.3 Å². The first-order valence-corrected chi connectivity index (χ1v) is 13.5. The zero-order chi connectivity index (χ0) is 28.8. The van der Waals surface area contributed by atoms with E-state index < -0.39 is 27.6 Å². The number of nitrogens with one attached hydrogen (secondary N) is 3. The van der Waals surface area contributed by atoms with Gasteiger partial charge in [0.25, 0.3) is 5.91 Å². The Morgan fingerprint density at radius 3 is 2.36 bits per heavy atom. The minimum atomic E-state index is -4.75. The summed E-state index contributed by atoms with van der Waals surface area (Å²) in [5.41, 5.74) is 0.113. The summed E-state index contributed by atoms with van der Waals surface area (Å²) in [5, 5.41) is 8.25. The van der Waals surface area contributed by atoms with Crippen LogP contribution in [0.4, 0.5) is 36.4 Å². The van der Waals surface area contributed by atoms with Gasteiger partial charge in [0.15, 0.2) is 0 Å². The molecule has 0 radical (unpaired) electrons. The number of halogens is 3. The summed E-state index contributed by atoms with van der Waals surface area (Å²) in [7, 11) is 1.44. The highest BCUT2D eigenvalue weighted by atomic mass is 32.2. The van der Waals surface area contributed by atoms with Crippen LogP contribution in [0.25, 0.3) is 0 Å². The third-order valence-electron chi connectivity index (χ3n) is 5.45. The molecule has 0 saturated carbocycles. The molecule has 0 unspecified atom stereocenters. The monoisotopic (exact) mass is 566 g/mol. The quantitative estimate of drug-likeness (QED) is 0.321. The first kappa shape index (κ1) is 29.6. The van der Waals surface area contributed by atoms with Crippen molar-refractivity contribution in [3.63, 3.8) is 0 Å². The summed E-state index contributed by atoms with van der Waals surface area (Å²) in [5.74, 6) is -0.807. The van der Waals surface area contributed by atoms with Gasteiger partial charge < -0.3 is 20.9 Å². The molecule has 0 saturated heterocycles. The minimum absolute atomic E-state index is 0.0688. The molecular formula is C24H29F3N8O3S. The number of amides is 1. The van der Waals surface area contributed by atoms with E-state index in [1.54, 1.807) is 36.4 Å². The maximum Gasteiger partial charge on any atom is 0.421 e. The van der Waals surface area contributed by atoms with Gasteiger partial charge in [0.1, 0.15) is 17.2 Å². The number of nitrogens with zero attached hydrogens (tertiary/aromatic N) is 5. The third-order valence-corrected chi connectivity index (χ3v) is 6.62. The molecule has 1 amide bonds. The summed E-state index contributed by atoms with van der Waals surface area (Å²) < 4.78 is 65.9. The smallest absolute Gasteiger partial charge is 0.365 e. The third kappa shape index (κ3) is 8.25. The number of rotatable bonds is 11. The van der Waals surface area contributed by atoms with E-state index in [9.17, 15) is 26.4 Å². The van der Waals surface area contributed by atoms with Gasteiger partial charge in [0.05, 0.1) is 6.26 Å². The van der Waals surface area contributed by atoms with Gasteiger partial charge in [0, 0.05) is 55.9 Å². The molecule has 2 aromatic heterocycles. The molecule has 3 rings (SSSR count). The Morgan fingerprint density at radius 2 is 1.74 bits per heavy atom. The van der Waals surface area contributed by atoms with Gasteiger partial charge in [-0.1, -0.05) is 6.07 Å². The highest BCUT2D eigenvalue weighted by molar-refractivity contribution is 7.92. The number of hydrogen-bond acceptors (Lipinski definition) is 9. The highest BCUT2D eigenvalue weighted by Crippen LogP contribution is 2.34. The lowest BCUT2D eigenvalue weighted by Gasteiger charge is -2.20. The van der Waals surface area contributed by atoms with Crippen LogP contribution in [-0.2, 0) is 22.7 Å². The molecule has 0 bridgehead atoms. The van der Waals surface area contributed by atoms with Crippen LogP contribution >= 0.6 is 0 Å². The molecule has 0 aliphatic rings. The van der Waals surface area contributed by atoms with Gasteiger partial charge in [0.2, 0.25) is 16.0 Å². The summed E-state index contributed by atoms with van der Waals surface area (Å²) in [6.07, 6.45) is -1.72. The van der Waals surface area contributed by atoms with Gasteiger partial charge in [-0.05, 0) is 44.4 Å². The Kier molecular flexibility index (Phi) is 9.29. The van der Waals surface area contributed by atoms with E-state index in [-0.39, 0.29) is 24.2 Å². The van der Waals surface area contributed by atoms with E-state index in [4.69, 9.17) is 0 Å². The van der Waals surface area contributed by atoms with E-state index in [0.717, 1.165) is 10.6 Å². The number of aromatic nitrogens is 3. The molecule has 2 heterocycles. The van der Waals surface area contributed by atoms with Gasteiger partial charge >= 0.3 is 6.18 Å². The number of pyridine rings is 1. The molecular weight excluding hydrogens is 537 g/mol. The Morgan fingerprint density at radius 1 is 1.05 bits per heavy atom. The van der Waals surface area contributed by atoms with Crippen LogP contribution in [0.15, 0.2) is 48.8 Å². The van der Waals surface area contributed by atoms with Crippen LogP contribution in [0.2, 0.25) is 0 Å². The van der Waals surface area contributed by atoms with E-state index in [1.807, 2.05) is 19.0 Å². The van der Waals surface area contributed by atoms with Crippen molar-refractivity contribution < 1.29 is 26.4 Å². The Bertz CT molecular complexity index is 1400. The average molecular weight is 567 g/mol. The first-order valence-electron chi connectivity index (χ1n) is 11.6. The zero-order valence-electron chi connectivity index (χ0n) is 21.7. The fourth-order valence-corrected chi connectivity index (χ4v) is 3.78. The molecule has 0 fully saturated rings. The van der Waals surface area contributed by atoms with E-state index in [1.165, 1.54) is 13.2 Å². The number of anilines is 4. The van der Waals surface area contributed by atoms with Crippen molar-refractivity contribution in [2.24, 2.45) is 0 Å². The highest BCUT2D eigenvalue weighted by Gasteiger charge is 2.35. The van der Waals surface area contributed by atoms with Crippen molar-refractivity contribution >= 4 is 39.2 Å². The Balaban J connectivity index is 1.79. The van der Waals surface area contributed by atoms with Crippen LogP contribution in [0.3, 0.4) is 0 Å². The Hall–Kier alpha value is -3.98. The van der Waals surface area contributed by atoms with E-state index in [0.29, 0.717) is 36.1 Å². The topological polar surface area (TPSA) is 132 Å². The second-order valence-corrected chi connectivity index (χ2v) is 10.8. The molecule has 0 aliphatic carbocycles. The number of likely N-dealkylation sites (N-methyl/N-ethyl adjacent to an activating group) is 1. The molecule has 11 nitrogen and oxygen atoms in total. The molecule has 39 heavy (non-hydrogen) atoms. The van der Waals surface area contributed by atoms with Gasteiger partial charge in [-0.2, -0.15) is 18.2 Å². The number of carbonyl (C=O) groups is 1. The summed E-state index contributed by atoms with van der Waals surface area (Å²) in [4.78, 5) is 26.0. The van der Waals surface area contributed by atoms with Crippen molar-refractivity contribution in [2.75, 3.05) is 55.4 Å². The molecule has 3 aromatic rings. The largest absolute Gasteiger partial charge is 0.421 e. The van der Waals surface area contributed by atoms with Gasteiger partial charge in [-0.25, -0.2) is 18.4 Å². The number of alkyl halides is 3. The fourth-order valence-electron chi connectivity index (χ4n) is 3.30. The predicted molar refractivity (Wildman–Crippen MR) is 142 cm³/mol. The minimum Gasteiger partial charge on any atom is -0.365 e. The number of carbonyl (C=O) groups excluding carboxylic acids is 1. The van der Waals surface area contributed by atoms with Crippen LogP contribution in [0.1, 0.15) is 21.5 Å². The maximum absolute atomic E-state index is 13.7. The van der Waals surface area contributed by atoms with E-state index >= 15 is 0 Å². The van der Waals surface area contributed by atoms with Crippen molar-refractivity contribution in [3.05, 3.63) is 65.5 Å². The van der Waals surface area contributed by atoms with Crippen molar-refractivity contribution in [3.8, 4) is 0 Å². The number of sulfonamides is 1. The van der Waals surface area contributed by atoms with Crippen molar-refractivity contribution in [2.45, 2.75) is 12.7 Å². The van der Waals surface area contributed by atoms with E-state index in [2.05, 4.69) is 30.9 Å². The molecule has 15 heteroatoms. The molecule has 0 spiro atoms. The first-order chi connectivity index (χ1) is 18.3. The molecule has 0 aliphatic heterocycles. The van der Waals surface area contributed by atoms with Gasteiger partial charge in [-0.3, -0.25) is 9.10 Å². The lowest BCUT2D eigenvalue weighted by Crippen LogP contribution is -2.31. The zero-order valence-corrected chi connectivity index (χ0v) is 22.6.